The van der Waals surface area contributed by atoms with E-state index in [2.05, 4.69) is 19.9 Å². The molecule has 2 N–H and O–H groups in total. The number of ether oxygens (including phenoxy) is 1. The number of hydrogen-bond donors (Lipinski definition) is 2. The van der Waals surface area contributed by atoms with Crippen molar-refractivity contribution in [1.82, 2.24) is 14.6 Å². The van der Waals surface area contributed by atoms with Gasteiger partial charge in [-0.15, -0.1) is 0 Å². The number of pyridine rings is 1. The summed E-state index contributed by atoms with van der Waals surface area (Å²) in [6, 6.07) is 10.2. The van der Waals surface area contributed by atoms with Gasteiger partial charge in [0.15, 0.2) is 0 Å². The number of piperidine rings is 1. The Hall–Kier alpha value is -3.02. The summed E-state index contributed by atoms with van der Waals surface area (Å²) in [5.74, 6) is 0.357. The summed E-state index contributed by atoms with van der Waals surface area (Å²) in [7, 11) is -0.455. The van der Waals surface area contributed by atoms with Gasteiger partial charge in [-0.05, 0) is 50.5 Å². The second-order valence-corrected chi connectivity index (χ2v) is 10.9. The second kappa shape index (κ2) is 12.3. The lowest BCUT2D eigenvalue weighted by Gasteiger charge is -2.33. The average Bonchev–Trinajstić information content (AvgIpc) is 2.82. The SMILES string of the molecule is Cc1cc(N2CCC(OCC(=O)N(C)C)CC2)ncc1S(=O)(=O)NC(C)CC(=O)Nc1ccccc1. The van der Waals surface area contributed by atoms with Crippen molar-refractivity contribution in [3.8, 4) is 0 Å². The molecule has 0 saturated carbocycles. The standard InChI is InChI=1S/C25H35N5O5S/c1-18-14-23(30-12-10-21(11-13-30)35-17-25(32)29(3)4)26-16-22(18)36(33,34)28-19(2)15-24(31)27-20-8-6-5-7-9-20/h5-9,14,16,19,21,28H,10-13,15,17H2,1-4H3,(H,27,31). The maximum Gasteiger partial charge on any atom is 0.248 e. The van der Waals surface area contributed by atoms with Crippen molar-refractivity contribution in [2.45, 2.75) is 50.2 Å². The van der Waals surface area contributed by atoms with Gasteiger partial charge in [0.05, 0.1) is 6.10 Å². The molecule has 0 aliphatic carbocycles. The number of aryl methyl sites for hydroxylation is 1. The van der Waals surface area contributed by atoms with Gasteiger partial charge in [0.25, 0.3) is 0 Å². The predicted octanol–water partition coefficient (Wildman–Crippen LogP) is 2.16. The number of sulfonamides is 1. The maximum absolute atomic E-state index is 13.0. The van der Waals surface area contributed by atoms with Gasteiger partial charge >= 0.3 is 0 Å². The summed E-state index contributed by atoms with van der Waals surface area (Å²) in [5, 5.41) is 2.76. The van der Waals surface area contributed by atoms with Gasteiger partial charge in [0.2, 0.25) is 21.8 Å². The highest BCUT2D eigenvalue weighted by Crippen LogP contribution is 2.24. The number of para-hydroxylation sites is 1. The van der Waals surface area contributed by atoms with E-state index in [-0.39, 0.29) is 35.8 Å². The fourth-order valence-corrected chi connectivity index (χ4v) is 5.35. The number of nitrogens with one attached hydrogen (secondary N) is 2. The Morgan fingerprint density at radius 2 is 1.86 bits per heavy atom. The number of carbonyl (C=O) groups is 2. The maximum atomic E-state index is 13.0. The lowest BCUT2D eigenvalue weighted by atomic mass is 10.1. The van der Waals surface area contributed by atoms with Gasteiger partial charge in [-0.25, -0.2) is 18.1 Å². The van der Waals surface area contributed by atoms with Crippen molar-refractivity contribution in [2.24, 2.45) is 0 Å². The lowest BCUT2D eigenvalue weighted by Crippen LogP contribution is -2.39. The highest BCUT2D eigenvalue weighted by molar-refractivity contribution is 7.89. The molecular weight excluding hydrogens is 482 g/mol. The van der Waals surface area contributed by atoms with Crippen LogP contribution in [0.5, 0.6) is 0 Å². The van der Waals surface area contributed by atoms with Crippen LogP contribution < -0.4 is 14.9 Å². The molecule has 11 heteroatoms. The molecule has 1 atom stereocenters. The van der Waals surface area contributed by atoms with Crippen LogP contribution in [0.3, 0.4) is 0 Å². The van der Waals surface area contributed by atoms with Crippen LogP contribution in [0.25, 0.3) is 0 Å². The first-order chi connectivity index (χ1) is 17.0. The molecule has 1 aliphatic rings. The number of aromatic nitrogens is 1. The quantitative estimate of drug-likeness (QED) is 0.495. The number of nitrogens with zero attached hydrogens (tertiary/aromatic N) is 3. The first kappa shape index (κ1) is 27.6. The van der Waals surface area contributed by atoms with Gasteiger partial charge in [-0.2, -0.15) is 0 Å². The molecule has 196 valence electrons. The van der Waals surface area contributed by atoms with Gasteiger partial charge in [0.1, 0.15) is 17.3 Å². The number of benzene rings is 1. The zero-order valence-electron chi connectivity index (χ0n) is 21.2. The van der Waals surface area contributed by atoms with E-state index in [9.17, 15) is 18.0 Å². The van der Waals surface area contributed by atoms with Crippen LogP contribution in [0.4, 0.5) is 11.5 Å². The number of likely N-dealkylation sites (N-methyl/N-ethyl adjacent to an activating group) is 1. The van der Waals surface area contributed by atoms with E-state index in [4.69, 9.17) is 4.74 Å². The second-order valence-electron chi connectivity index (χ2n) is 9.23. The molecule has 1 aromatic heterocycles. The van der Waals surface area contributed by atoms with Crippen LogP contribution in [0, 0.1) is 6.92 Å². The third-order valence-corrected chi connectivity index (χ3v) is 7.67. The number of rotatable bonds is 10. The molecule has 36 heavy (non-hydrogen) atoms. The molecule has 1 fully saturated rings. The van der Waals surface area contributed by atoms with E-state index in [0.717, 1.165) is 12.8 Å². The van der Waals surface area contributed by atoms with Crippen LogP contribution in [-0.4, -0.2) is 76.1 Å². The van der Waals surface area contributed by atoms with E-state index in [1.165, 1.54) is 11.1 Å². The largest absolute Gasteiger partial charge is 0.368 e. The first-order valence-corrected chi connectivity index (χ1v) is 13.4. The molecule has 1 aromatic carbocycles. The molecule has 1 saturated heterocycles. The van der Waals surface area contributed by atoms with Crippen molar-refractivity contribution < 1.29 is 22.7 Å². The summed E-state index contributed by atoms with van der Waals surface area (Å²) in [5.41, 5.74) is 1.23. The molecule has 1 unspecified atom stereocenters. The summed E-state index contributed by atoms with van der Waals surface area (Å²) in [4.78, 5) is 32.1. The van der Waals surface area contributed by atoms with Crippen LogP contribution in [0.15, 0.2) is 47.5 Å². The van der Waals surface area contributed by atoms with Gasteiger partial charge in [-0.3, -0.25) is 9.59 Å². The van der Waals surface area contributed by atoms with E-state index in [1.54, 1.807) is 46.1 Å². The van der Waals surface area contributed by atoms with E-state index < -0.39 is 16.1 Å². The van der Waals surface area contributed by atoms with E-state index >= 15 is 0 Å². The summed E-state index contributed by atoms with van der Waals surface area (Å²) < 4.78 is 34.2. The summed E-state index contributed by atoms with van der Waals surface area (Å²) in [6.45, 7) is 4.85. The Balaban J connectivity index is 1.54. The van der Waals surface area contributed by atoms with E-state index in [1.807, 2.05) is 18.2 Å². The monoisotopic (exact) mass is 517 g/mol. The molecule has 0 radical (unpaired) electrons. The molecular formula is C25H35N5O5S. The van der Waals surface area contributed by atoms with Crippen molar-refractivity contribution in [2.75, 3.05) is 44.0 Å². The van der Waals surface area contributed by atoms with Crippen molar-refractivity contribution >= 4 is 33.3 Å². The van der Waals surface area contributed by atoms with Crippen LogP contribution >= 0.6 is 0 Å². The number of carbonyl (C=O) groups excluding carboxylic acids is 2. The number of hydrogen-bond acceptors (Lipinski definition) is 7. The number of amides is 2. The van der Waals surface area contributed by atoms with Crippen LogP contribution in [0.2, 0.25) is 0 Å². The molecule has 1 aliphatic heterocycles. The van der Waals surface area contributed by atoms with Crippen LogP contribution in [0.1, 0.15) is 31.7 Å². The summed E-state index contributed by atoms with van der Waals surface area (Å²) in [6.07, 6.45) is 2.88. The van der Waals surface area contributed by atoms with E-state index in [0.29, 0.717) is 30.2 Å². The van der Waals surface area contributed by atoms with Crippen LogP contribution in [-0.2, 0) is 24.3 Å². The van der Waals surface area contributed by atoms with Crippen molar-refractivity contribution in [3.05, 3.63) is 48.2 Å². The lowest BCUT2D eigenvalue weighted by molar-refractivity contribution is -0.136. The fourth-order valence-electron chi connectivity index (χ4n) is 3.93. The number of anilines is 2. The average molecular weight is 518 g/mol. The smallest absolute Gasteiger partial charge is 0.248 e. The molecule has 0 spiro atoms. The Labute approximate surface area is 213 Å². The third kappa shape index (κ3) is 7.74. The predicted molar refractivity (Wildman–Crippen MR) is 138 cm³/mol. The minimum Gasteiger partial charge on any atom is -0.368 e. The Morgan fingerprint density at radius 1 is 1.19 bits per heavy atom. The van der Waals surface area contributed by atoms with Gasteiger partial charge in [-0.1, -0.05) is 18.2 Å². The molecule has 2 amide bonds. The fraction of sp³-hybridized carbons (Fsp3) is 0.480. The molecule has 10 nitrogen and oxygen atoms in total. The molecule has 2 aromatic rings. The van der Waals surface area contributed by atoms with Crippen molar-refractivity contribution in [1.29, 1.82) is 0 Å². The van der Waals surface area contributed by atoms with Gasteiger partial charge < -0.3 is 19.9 Å². The zero-order chi connectivity index (χ0) is 26.3. The molecule has 0 bridgehead atoms. The molecule has 3 rings (SSSR count). The topological polar surface area (TPSA) is 121 Å². The Morgan fingerprint density at radius 3 is 2.47 bits per heavy atom. The zero-order valence-corrected chi connectivity index (χ0v) is 22.0. The molecule has 2 heterocycles. The summed E-state index contributed by atoms with van der Waals surface area (Å²) >= 11 is 0. The minimum atomic E-state index is -3.85. The third-order valence-electron chi connectivity index (χ3n) is 5.95. The highest BCUT2D eigenvalue weighted by atomic mass is 32.2. The van der Waals surface area contributed by atoms with Crippen molar-refractivity contribution in [3.63, 3.8) is 0 Å². The Bertz CT molecular complexity index is 1150. The Kier molecular flexibility index (Phi) is 9.41. The minimum absolute atomic E-state index is 0.00413. The first-order valence-electron chi connectivity index (χ1n) is 12.0. The van der Waals surface area contributed by atoms with Gasteiger partial charge in [0, 0.05) is 51.5 Å². The normalized spacial score (nSPS) is 15.4. The highest BCUT2D eigenvalue weighted by Gasteiger charge is 2.25.